The fourth-order valence-electron chi connectivity index (χ4n) is 4.40. The minimum atomic E-state index is -1.03. The SMILES string of the molecule is COc1ccc(C(=O)C2C(=O)C(=O)N(CC[NH+]3CCOCC3)C2c2cccs2)c(C)c1. The number of nitrogens with zero attached hydrogens (tertiary/aromatic N) is 1. The normalized spacial score (nSPS) is 22.2. The summed E-state index contributed by atoms with van der Waals surface area (Å²) in [7, 11) is 1.57. The minimum Gasteiger partial charge on any atom is -0.497 e. The van der Waals surface area contributed by atoms with E-state index >= 15 is 0 Å². The largest absolute Gasteiger partial charge is 0.497 e. The van der Waals surface area contributed by atoms with Gasteiger partial charge in [0.05, 0.1) is 39.5 Å². The molecule has 0 spiro atoms. The molecule has 7 nitrogen and oxygen atoms in total. The van der Waals surface area contributed by atoms with Crippen molar-refractivity contribution in [3.63, 3.8) is 0 Å². The molecule has 0 aliphatic carbocycles. The molecule has 2 aliphatic heterocycles. The van der Waals surface area contributed by atoms with Crippen LogP contribution >= 0.6 is 11.3 Å². The van der Waals surface area contributed by atoms with Gasteiger partial charge in [0.1, 0.15) is 24.8 Å². The molecular weight excluding hydrogens is 416 g/mol. The zero-order chi connectivity index (χ0) is 22.0. The van der Waals surface area contributed by atoms with Crippen LogP contribution in [0, 0.1) is 12.8 Å². The molecule has 2 saturated heterocycles. The molecule has 1 amide bonds. The van der Waals surface area contributed by atoms with E-state index in [-0.39, 0.29) is 5.78 Å². The second kappa shape index (κ2) is 9.30. The summed E-state index contributed by atoms with van der Waals surface area (Å²) >= 11 is 1.47. The van der Waals surface area contributed by atoms with Gasteiger partial charge in [0.25, 0.3) is 5.91 Å². The molecule has 2 fully saturated rings. The third kappa shape index (κ3) is 4.28. The third-order valence-electron chi connectivity index (χ3n) is 6.13. The number of ketones is 2. The Morgan fingerprint density at radius 1 is 1.26 bits per heavy atom. The van der Waals surface area contributed by atoms with Crippen molar-refractivity contribution in [1.29, 1.82) is 0 Å². The average molecular weight is 444 g/mol. The number of benzene rings is 1. The van der Waals surface area contributed by atoms with E-state index in [4.69, 9.17) is 9.47 Å². The number of hydrogen-bond donors (Lipinski definition) is 1. The smallest absolute Gasteiger partial charge is 0.291 e. The lowest BCUT2D eigenvalue weighted by Crippen LogP contribution is -3.14. The molecule has 4 rings (SSSR count). The van der Waals surface area contributed by atoms with E-state index in [0.29, 0.717) is 31.1 Å². The Labute approximate surface area is 185 Å². The van der Waals surface area contributed by atoms with Gasteiger partial charge < -0.3 is 19.3 Å². The summed E-state index contributed by atoms with van der Waals surface area (Å²) in [6.07, 6.45) is 0. The fraction of sp³-hybridized carbons (Fsp3) is 0.435. The van der Waals surface area contributed by atoms with Gasteiger partial charge in [-0.15, -0.1) is 11.3 Å². The highest BCUT2D eigenvalue weighted by Crippen LogP contribution is 2.40. The number of ether oxygens (including phenoxy) is 2. The number of quaternary nitrogens is 1. The van der Waals surface area contributed by atoms with Gasteiger partial charge in [0, 0.05) is 10.4 Å². The molecule has 0 radical (unpaired) electrons. The number of thiophene rings is 1. The summed E-state index contributed by atoms with van der Waals surface area (Å²) < 4.78 is 10.6. The highest BCUT2D eigenvalue weighted by atomic mass is 32.1. The molecule has 3 heterocycles. The maximum atomic E-state index is 13.5. The Bertz CT molecular complexity index is 968. The first-order valence-corrected chi connectivity index (χ1v) is 11.4. The van der Waals surface area contributed by atoms with Crippen molar-refractivity contribution in [3.8, 4) is 5.75 Å². The van der Waals surface area contributed by atoms with Crippen LogP contribution in [-0.4, -0.2) is 68.9 Å². The highest BCUT2D eigenvalue weighted by Gasteiger charge is 2.52. The van der Waals surface area contributed by atoms with Gasteiger partial charge in [-0.05, 0) is 42.1 Å². The van der Waals surface area contributed by atoms with E-state index in [1.54, 1.807) is 30.2 Å². The van der Waals surface area contributed by atoms with Crippen molar-refractivity contribution < 1.29 is 28.8 Å². The van der Waals surface area contributed by atoms with E-state index in [9.17, 15) is 14.4 Å². The molecular formula is C23H27N2O5S+. The number of amides is 1. The molecule has 2 aromatic rings. The van der Waals surface area contributed by atoms with Gasteiger partial charge in [-0.25, -0.2) is 0 Å². The van der Waals surface area contributed by atoms with Gasteiger partial charge in [-0.2, -0.15) is 0 Å². The second-order valence-electron chi connectivity index (χ2n) is 7.96. The predicted octanol–water partition coefficient (Wildman–Crippen LogP) is 0.932. The summed E-state index contributed by atoms with van der Waals surface area (Å²) in [5, 5.41) is 1.91. The maximum Gasteiger partial charge on any atom is 0.291 e. The summed E-state index contributed by atoms with van der Waals surface area (Å²) in [4.78, 5) is 43.4. The van der Waals surface area contributed by atoms with Crippen LogP contribution in [0.4, 0.5) is 0 Å². The number of methoxy groups -OCH3 is 1. The Morgan fingerprint density at radius 2 is 2.03 bits per heavy atom. The number of nitrogens with one attached hydrogen (secondary N) is 1. The van der Waals surface area contributed by atoms with Crippen molar-refractivity contribution >= 4 is 28.8 Å². The minimum absolute atomic E-state index is 0.307. The van der Waals surface area contributed by atoms with Crippen molar-refractivity contribution in [3.05, 3.63) is 51.7 Å². The molecule has 2 atom stereocenters. The van der Waals surface area contributed by atoms with Gasteiger partial charge in [0.2, 0.25) is 5.78 Å². The van der Waals surface area contributed by atoms with Crippen molar-refractivity contribution in [1.82, 2.24) is 4.90 Å². The van der Waals surface area contributed by atoms with Crippen LogP contribution in [0.3, 0.4) is 0 Å². The van der Waals surface area contributed by atoms with Gasteiger partial charge in [-0.3, -0.25) is 14.4 Å². The Kier molecular flexibility index (Phi) is 6.50. The molecule has 0 bridgehead atoms. The number of Topliss-reactive ketones (excluding diaryl/α,β-unsaturated/α-hetero) is 2. The lowest BCUT2D eigenvalue weighted by molar-refractivity contribution is -0.907. The van der Waals surface area contributed by atoms with Crippen LogP contribution in [0.25, 0.3) is 0 Å². The third-order valence-corrected chi connectivity index (χ3v) is 7.07. The highest BCUT2D eigenvalue weighted by molar-refractivity contribution is 7.10. The van der Waals surface area contributed by atoms with E-state index in [1.165, 1.54) is 16.2 Å². The van der Waals surface area contributed by atoms with E-state index < -0.39 is 23.7 Å². The van der Waals surface area contributed by atoms with Crippen molar-refractivity contribution in [2.45, 2.75) is 13.0 Å². The van der Waals surface area contributed by atoms with Crippen LogP contribution in [0.5, 0.6) is 5.75 Å². The number of hydrogen-bond acceptors (Lipinski definition) is 6. The van der Waals surface area contributed by atoms with Crippen molar-refractivity contribution in [2.24, 2.45) is 5.92 Å². The summed E-state index contributed by atoms with van der Waals surface area (Å²) in [6.45, 7) is 6.15. The first-order chi connectivity index (χ1) is 15.0. The number of morpholine rings is 1. The van der Waals surface area contributed by atoms with Crippen LogP contribution in [0.2, 0.25) is 0 Å². The Hall–Kier alpha value is -2.55. The average Bonchev–Trinajstić information content (AvgIpc) is 3.40. The molecule has 164 valence electrons. The monoisotopic (exact) mass is 443 g/mol. The van der Waals surface area contributed by atoms with E-state index in [1.807, 2.05) is 24.4 Å². The summed E-state index contributed by atoms with van der Waals surface area (Å²) in [5.41, 5.74) is 1.18. The van der Waals surface area contributed by atoms with Crippen LogP contribution in [0.1, 0.15) is 26.8 Å². The molecule has 8 heteroatoms. The Balaban J connectivity index is 1.63. The first-order valence-electron chi connectivity index (χ1n) is 10.5. The van der Waals surface area contributed by atoms with Crippen LogP contribution in [-0.2, 0) is 14.3 Å². The quantitative estimate of drug-likeness (QED) is 0.391. The Morgan fingerprint density at radius 3 is 2.68 bits per heavy atom. The zero-order valence-electron chi connectivity index (χ0n) is 17.8. The molecule has 1 aromatic carbocycles. The van der Waals surface area contributed by atoms with E-state index in [0.717, 1.165) is 30.1 Å². The number of rotatable bonds is 7. The predicted molar refractivity (Wildman–Crippen MR) is 116 cm³/mol. The lowest BCUT2D eigenvalue weighted by atomic mass is 9.87. The summed E-state index contributed by atoms with van der Waals surface area (Å²) in [5.74, 6) is -1.87. The molecule has 2 aliphatic rings. The number of carbonyl (C=O) groups is 3. The number of aryl methyl sites for hydroxylation is 1. The number of carbonyl (C=O) groups excluding carboxylic acids is 3. The fourth-order valence-corrected chi connectivity index (χ4v) is 5.27. The molecule has 0 saturated carbocycles. The lowest BCUT2D eigenvalue weighted by Gasteiger charge is -2.29. The molecule has 31 heavy (non-hydrogen) atoms. The molecule has 1 N–H and O–H groups in total. The van der Waals surface area contributed by atoms with Crippen molar-refractivity contribution in [2.75, 3.05) is 46.5 Å². The van der Waals surface area contributed by atoms with Gasteiger partial charge >= 0.3 is 0 Å². The first kappa shape index (κ1) is 21.7. The molecule has 1 aromatic heterocycles. The topological polar surface area (TPSA) is 77.4 Å². The molecule has 2 unspecified atom stereocenters. The van der Waals surface area contributed by atoms with E-state index in [2.05, 4.69) is 0 Å². The zero-order valence-corrected chi connectivity index (χ0v) is 18.6. The van der Waals surface area contributed by atoms with Crippen LogP contribution < -0.4 is 9.64 Å². The van der Waals surface area contributed by atoms with Gasteiger partial charge in [0.15, 0.2) is 5.78 Å². The second-order valence-corrected chi connectivity index (χ2v) is 8.94. The number of likely N-dealkylation sites (tertiary alicyclic amines) is 1. The van der Waals surface area contributed by atoms with Gasteiger partial charge in [-0.1, -0.05) is 6.07 Å². The standard InChI is InChI=1S/C23H26N2O5S/c1-15-14-16(29-2)5-6-17(15)21(26)19-20(18-4-3-13-31-18)25(23(28)22(19)27)8-7-24-9-11-30-12-10-24/h3-6,13-14,19-20H,7-12H2,1-2H3/p+1. The maximum absolute atomic E-state index is 13.5. The van der Waals surface area contributed by atoms with Crippen LogP contribution in [0.15, 0.2) is 35.7 Å². The summed E-state index contributed by atoms with van der Waals surface area (Å²) in [6, 6.07) is 8.39.